The van der Waals surface area contributed by atoms with Gasteiger partial charge in [0.05, 0.1) is 25.7 Å². The molecule has 3 aromatic carbocycles. The summed E-state index contributed by atoms with van der Waals surface area (Å²) in [6.07, 6.45) is 3.37. The zero-order valence-corrected chi connectivity index (χ0v) is 23.2. The van der Waals surface area contributed by atoms with E-state index in [1.165, 1.54) is 0 Å². The SMILES string of the molecule is CCOC(=O)COc1cccc(C[N+]2(C)[C@@H]3CC[C@H]2CC(OC(=O)C(O)(c2ccccc2)c2ccccc2)C3)c1. The molecule has 210 valence electrons. The van der Waals surface area contributed by atoms with Crippen molar-refractivity contribution in [3.63, 3.8) is 0 Å². The maximum Gasteiger partial charge on any atom is 0.347 e. The molecule has 7 nitrogen and oxygen atoms in total. The Morgan fingerprint density at radius 2 is 1.50 bits per heavy atom. The minimum atomic E-state index is -1.87. The van der Waals surface area contributed by atoms with Crippen molar-refractivity contribution in [1.82, 2.24) is 0 Å². The molecule has 0 aromatic heterocycles. The van der Waals surface area contributed by atoms with E-state index in [4.69, 9.17) is 14.2 Å². The van der Waals surface area contributed by atoms with E-state index in [9.17, 15) is 14.7 Å². The third kappa shape index (κ3) is 5.62. The molecule has 2 saturated heterocycles. The number of esters is 2. The Bertz CT molecular complexity index is 1260. The quantitative estimate of drug-likeness (QED) is 0.293. The van der Waals surface area contributed by atoms with Gasteiger partial charge in [-0.25, -0.2) is 9.59 Å². The Labute approximate surface area is 235 Å². The summed E-state index contributed by atoms with van der Waals surface area (Å²) in [5.41, 5.74) is 0.256. The smallest absolute Gasteiger partial charge is 0.347 e. The second kappa shape index (κ2) is 11.8. The number of piperidine rings is 1. The average molecular weight is 545 g/mol. The van der Waals surface area contributed by atoms with Crippen LogP contribution in [0.15, 0.2) is 84.9 Å². The van der Waals surface area contributed by atoms with Crippen molar-refractivity contribution in [2.75, 3.05) is 20.3 Å². The Morgan fingerprint density at radius 3 is 2.08 bits per heavy atom. The van der Waals surface area contributed by atoms with Crippen LogP contribution >= 0.6 is 0 Å². The van der Waals surface area contributed by atoms with Crippen molar-refractivity contribution < 1.29 is 33.4 Å². The third-order valence-electron chi connectivity index (χ3n) is 8.61. The lowest BCUT2D eigenvalue weighted by atomic mass is 9.86. The maximum atomic E-state index is 13.7. The summed E-state index contributed by atoms with van der Waals surface area (Å²) in [7, 11) is 2.29. The van der Waals surface area contributed by atoms with Gasteiger partial charge < -0.3 is 23.8 Å². The highest BCUT2D eigenvalue weighted by atomic mass is 16.6. The molecule has 0 aliphatic carbocycles. The maximum absolute atomic E-state index is 13.7. The van der Waals surface area contributed by atoms with E-state index in [1.54, 1.807) is 31.2 Å². The molecule has 0 amide bonds. The summed E-state index contributed by atoms with van der Waals surface area (Å²) in [5.74, 6) is -0.362. The molecule has 0 spiro atoms. The number of nitrogens with zero attached hydrogens (tertiary/aromatic N) is 1. The lowest BCUT2D eigenvalue weighted by molar-refractivity contribution is -0.961. The van der Waals surface area contributed by atoms with E-state index in [2.05, 4.69) is 13.1 Å². The van der Waals surface area contributed by atoms with Gasteiger partial charge in [-0.3, -0.25) is 0 Å². The number of carbonyl (C=O) groups is 2. The Morgan fingerprint density at radius 1 is 0.900 bits per heavy atom. The molecule has 2 aliphatic rings. The lowest BCUT2D eigenvalue weighted by Crippen LogP contribution is -2.58. The zero-order valence-electron chi connectivity index (χ0n) is 23.2. The fourth-order valence-electron chi connectivity index (χ4n) is 6.52. The van der Waals surface area contributed by atoms with Crippen molar-refractivity contribution in [2.45, 2.75) is 62.9 Å². The van der Waals surface area contributed by atoms with Crippen LogP contribution in [0.3, 0.4) is 0 Å². The van der Waals surface area contributed by atoms with Gasteiger partial charge in [-0.05, 0) is 30.2 Å². The van der Waals surface area contributed by atoms with E-state index in [0.717, 1.165) is 42.3 Å². The first-order chi connectivity index (χ1) is 19.3. The number of rotatable bonds is 10. The minimum absolute atomic E-state index is 0.111. The molecule has 2 aliphatic heterocycles. The highest BCUT2D eigenvalue weighted by Gasteiger charge is 2.53. The van der Waals surface area contributed by atoms with Gasteiger partial charge in [0.1, 0.15) is 18.4 Å². The Kier molecular flexibility index (Phi) is 8.24. The van der Waals surface area contributed by atoms with Gasteiger partial charge in [0.25, 0.3) is 0 Å². The van der Waals surface area contributed by atoms with Crippen molar-refractivity contribution >= 4 is 11.9 Å². The van der Waals surface area contributed by atoms with Crippen LogP contribution < -0.4 is 4.74 Å². The normalized spacial score (nSPS) is 23.8. The second-order valence-corrected chi connectivity index (χ2v) is 11.1. The molecule has 0 radical (unpaired) electrons. The van der Waals surface area contributed by atoms with Gasteiger partial charge in [0.15, 0.2) is 6.61 Å². The minimum Gasteiger partial charge on any atom is -0.482 e. The zero-order chi connectivity index (χ0) is 28.2. The fourth-order valence-corrected chi connectivity index (χ4v) is 6.52. The predicted octanol–water partition coefficient (Wildman–Crippen LogP) is 4.75. The van der Waals surface area contributed by atoms with E-state index in [-0.39, 0.29) is 18.7 Å². The summed E-state index contributed by atoms with van der Waals surface area (Å²) in [6, 6.07) is 26.6. The molecule has 2 bridgehead atoms. The van der Waals surface area contributed by atoms with Gasteiger partial charge >= 0.3 is 11.9 Å². The molecule has 5 rings (SSSR count). The number of hydrogen-bond acceptors (Lipinski definition) is 6. The lowest BCUT2D eigenvalue weighted by Gasteiger charge is -2.47. The topological polar surface area (TPSA) is 82.1 Å². The number of aliphatic hydroxyl groups is 1. The molecule has 40 heavy (non-hydrogen) atoms. The molecule has 3 aromatic rings. The number of fused-ring (bicyclic) bond motifs is 2. The molecule has 2 fully saturated rings. The van der Waals surface area contributed by atoms with E-state index in [0.29, 0.717) is 35.6 Å². The third-order valence-corrected chi connectivity index (χ3v) is 8.61. The Balaban J connectivity index is 1.28. The first kappa shape index (κ1) is 27.9. The van der Waals surface area contributed by atoms with Crippen LogP contribution in [0, 0.1) is 0 Å². The highest BCUT2D eigenvalue weighted by Crippen LogP contribution is 2.44. The number of benzene rings is 3. The molecule has 2 unspecified atom stereocenters. The molecule has 1 N–H and O–H groups in total. The first-order valence-corrected chi connectivity index (χ1v) is 14.1. The van der Waals surface area contributed by atoms with E-state index < -0.39 is 11.6 Å². The summed E-state index contributed by atoms with van der Waals surface area (Å²) in [5, 5.41) is 11.8. The molecular weight excluding hydrogens is 506 g/mol. The van der Waals surface area contributed by atoms with E-state index >= 15 is 0 Å². The van der Waals surface area contributed by atoms with E-state index in [1.807, 2.05) is 54.6 Å². The molecule has 2 heterocycles. The van der Waals surface area contributed by atoms with Crippen molar-refractivity contribution in [1.29, 1.82) is 0 Å². The van der Waals surface area contributed by atoms with Crippen molar-refractivity contribution in [3.05, 3.63) is 102 Å². The molecule has 0 saturated carbocycles. The summed E-state index contributed by atoms with van der Waals surface area (Å²) in [6.45, 7) is 2.81. The number of ether oxygens (including phenoxy) is 3. The first-order valence-electron chi connectivity index (χ1n) is 14.1. The van der Waals surface area contributed by atoms with Gasteiger partial charge in [0, 0.05) is 31.2 Å². The van der Waals surface area contributed by atoms with Crippen LogP contribution in [0.2, 0.25) is 0 Å². The monoisotopic (exact) mass is 544 g/mol. The van der Waals surface area contributed by atoms with Crippen molar-refractivity contribution in [3.8, 4) is 5.75 Å². The molecule has 4 atom stereocenters. The average Bonchev–Trinajstić information content (AvgIpc) is 3.12. The molecule has 7 heteroatoms. The highest BCUT2D eigenvalue weighted by molar-refractivity contribution is 5.85. The second-order valence-electron chi connectivity index (χ2n) is 11.1. The van der Waals surface area contributed by atoms with Gasteiger partial charge in [-0.15, -0.1) is 0 Å². The van der Waals surface area contributed by atoms with Crippen LogP contribution in [0.25, 0.3) is 0 Å². The van der Waals surface area contributed by atoms with Crippen LogP contribution in [0.5, 0.6) is 5.75 Å². The van der Waals surface area contributed by atoms with Gasteiger partial charge in [0.2, 0.25) is 5.60 Å². The number of carbonyl (C=O) groups excluding carboxylic acids is 2. The van der Waals surface area contributed by atoms with Crippen LogP contribution in [0.4, 0.5) is 0 Å². The summed E-state index contributed by atoms with van der Waals surface area (Å²) in [4.78, 5) is 25.4. The van der Waals surface area contributed by atoms with Crippen molar-refractivity contribution in [2.24, 2.45) is 0 Å². The van der Waals surface area contributed by atoms with Gasteiger partial charge in [-0.1, -0.05) is 72.8 Å². The largest absolute Gasteiger partial charge is 0.482 e. The number of hydrogen-bond donors (Lipinski definition) is 1. The summed E-state index contributed by atoms with van der Waals surface area (Å²) < 4.78 is 17.6. The fraction of sp³-hybridized carbons (Fsp3) is 0.394. The molecular formula is C33H38NO6+. The van der Waals surface area contributed by atoms with Crippen LogP contribution in [-0.4, -0.2) is 60.0 Å². The van der Waals surface area contributed by atoms with Gasteiger partial charge in [-0.2, -0.15) is 0 Å². The number of quaternary nitrogens is 1. The summed E-state index contributed by atoms with van der Waals surface area (Å²) >= 11 is 0. The van der Waals surface area contributed by atoms with Crippen LogP contribution in [0.1, 0.15) is 49.3 Å². The van der Waals surface area contributed by atoms with Crippen LogP contribution in [-0.2, 0) is 31.2 Å². The Hall–Kier alpha value is -3.68. The predicted molar refractivity (Wildman–Crippen MR) is 150 cm³/mol. The standard InChI is InChI=1S/C33H38NO6/c1-3-38-31(35)23-39-29-16-10-11-24(19-29)22-34(2)27-17-18-28(34)21-30(20-27)40-32(36)33(37,25-12-6-4-7-13-25)26-14-8-5-9-15-26/h4-16,19,27-28,30,37H,3,17-18,20-23H2,1-2H3/q+1/t27-,28+,30?,34?.